The molecule has 2 heterocycles. The average Bonchev–Trinajstić information content (AvgIpc) is 2.85. The summed E-state index contributed by atoms with van der Waals surface area (Å²) in [6, 6.07) is 16.9. The molecule has 1 aromatic heterocycles. The monoisotopic (exact) mass is 479 g/mol. The van der Waals surface area contributed by atoms with Gasteiger partial charge in [0.25, 0.3) is 0 Å². The molecule has 6 nitrogen and oxygen atoms in total. The summed E-state index contributed by atoms with van der Waals surface area (Å²) in [5.41, 5.74) is 5.13. The Morgan fingerprint density at radius 2 is 1.62 bits per heavy atom. The van der Waals surface area contributed by atoms with Gasteiger partial charge in [-0.2, -0.15) is 0 Å². The molecule has 1 aliphatic rings. The van der Waals surface area contributed by atoms with Crippen LogP contribution in [0.2, 0.25) is 5.02 Å². The number of halogens is 1. The van der Waals surface area contributed by atoms with Crippen LogP contribution < -0.4 is 0 Å². The van der Waals surface area contributed by atoms with E-state index in [0.29, 0.717) is 17.0 Å². The number of hydrogen-bond acceptors (Lipinski definition) is 6. The zero-order valence-electron chi connectivity index (χ0n) is 18.6. The first-order valence-electron chi connectivity index (χ1n) is 11.0. The maximum Gasteiger partial charge on any atom is 0.113 e. The van der Waals surface area contributed by atoms with Crippen LogP contribution in [0.25, 0.3) is 0 Å². The number of rotatable bonds is 4. The van der Waals surface area contributed by atoms with E-state index in [2.05, 4.69) is 16.8 Å². The van der Waals surface area contributed by atoms with Gasteiger partial charge in [-0.1, -0.05) is 47.7 Å². The highest BCUT2D eigenvalue weighted by Crippen LogP contribution is 2.34. The molecule has 5 atom stereocenters. The number of aliphatic hydroxyl groups excluding tert-OH is 4. The van der Waals surface area contributed by atoms with Crippen molar-refractivity contribution in [2.45, 2.75) is 43.9 Å². The lowest BCUT2D eigenvalue weighted by Crippen LogP contribution is -2.55. The molecule has 1 fully saturated rings. The molecule has 0 bridgehead atoms. The van der Waals surface area contributed by atoms with Crippen LogP contribution in [0.4, 0.5) is 0 Å². The molecule has 1 saturated heterocycles. The zero-order valence-corrected chi connectivity index (χ0v) is 19.4. The third-order valence-electron chi connectivity index (χ3n) is 5.90. The first-order chi connectivity index (χ1) is 16.4. The molecule has 1 aliphatic heterocycles. The number of aromatic nitrogens is 1. The van der Waals surface area contributed by atoms with Crippen molar-refractivity contribution in [3.05, 3.63) is 99.3 Å². The van der Waals surface area contributed by atoms with E-state index in [1.54, 1.807) is 18.3 Å². The first-order valence-corrected chi connectivity index (χ1v) is 11.4. The third kappa shape index (κ3) is 5.48. The molecule has 34 heavy (non-hydrogen) atoms. The Hall–Kier alpha value is -2.76. The first kappa shape index (κ1) is 24.4. The van der Waals surface area contributed by atoms with E-state index in [0.717, 1.165) is 27.9 Å². The van der Waals surface area contributed by atoms with Gasteiger partial charge in [0.1, 0.15) is 30.5 Å². The van der Waals surface area contributed by atoms with Gasteiger partial charge in [-0.25, -0.2) is 0 Å². The van der Waals surface area contributed by atoms with Crippen LogP contribution >= 0.6 is 11.6 Å². The SMILES string of the molecule is Cc1ccc(C#Cc2ccc(Cc3cc([C@@H]4O[C@H](CO)[C@@H](O)[C@H](O)[C@H]4O)ccc3Cl)cc2)cn1. The molecule has 3 aromatic rings. The van der Waals surface area contributed by atoms with Crippen LogP contribution in [0.1, 0.15) is 39.6 Å². The van der Waals surface area contributed by atoms with Crippen molar-refractivity contribution in [1.82, 2.24) is 4.98 Å². The Kier molecular flexibility index (Phi) is 7.64. The van der Waals surface area contributed by atoms with Gasteiger partial charge < -0.3 is 25.2 Å². The molecule has 2 aromatic carbocycles. The van der Waals surface area contributed by atoms with E-state index in [9.17, 15) is 20.4 Å². The van der Waals surface area contributed by atoms with E-state index in [1.807, 2.05) is 49.4 Å². The summed E-state index contributed by atoms with van der Waals surface area (Å²) >= 11 is 6.43. The third-order valence-corrected chi connectivity index (χ3v) is 6.27. The Morgan fingerprint density at radius 3 is 2.29 bits per heavy atom. The van der Waals surface area contributed by atoms with E-state index in [1.165, 1.54) is 0 Å². The van der Waals surface area contributed by atoms with Crippen molar-refractivity contribution >= 4 is 11.6 Å². The molecule has 0 amide bonds. The number of aryl methyl sites for hydroxylation is 1. The number of ether oxygens (including phenoxy) is 1. The fraction of sp³-hybridized carbons (Fsp3) is 0.296. The lowest BCUT2D eigenvalue weighted by molar-refractivity contribution is -0.231. The van der Waals surface area contributed by atoms with Crippen molar-refractivity contribution in [3.63, 3.8) is 0 Å². The molecule has 7 heteroatoms. The van der Waals surface area contributed by atoms with Gasteiger partial charge in [-0.3, -0.25) is 4.98 Å². The smallest absolute Gasteiger partial charge is 0.113 e. The van der Waals surface area contributed by atoms with E-state index < -0.39 is 37.1 Å². The Labute approximate surface area is 203 Å². The minimum Gasteiger partial charge on any atom is -0.394 e. The second kappa shape index (κ2) is 10.7. The lowest BCUT2D eigenvalue weighted by atomic mass is 9.90. The molecular formula is C27H26ClNO5. The van der Waals surface area contributed by atoms with Gasteiger partial charge in [0.15, 0.2) is 0 Å². The van der Waals surface area contributed by atoms with Gasteiger partial charge >= 0.3 is 0 Å². The maximum atomic E-state index is 10.4. The number of nitrogens with zero attached hydrogens (tertiary/aromatic N) is 1. The Balaban J connectivity index is 1.50. The van der Waals surface area contributed by atoms with Gasteiger partial charge in [0, 0.05) is 28.0 Å². The number of hydrogen-bond donors (Lipinski definition) is 4. The van der Waals surface area contributed by atoms with Crippen LogP contribution in [0.5, 0.6) is 0 Å². The molecular weight excluding hydrogens is 454 g/mol. The molecule has 0 aliphatic carbocycles. The van der Waals surface area contributed by atoms with Crippen molar-refractivity contribution < 1.29 is 25.2 Å². The highest BCUT2D eigenvalue weighted by atomic mass is 35.5. The summed E-state index contributed by atoms with van der Waals surface area (Å²) in [7, 11) is 0. The van der Waals surface area contributed by atoms with Crippen LogP contribution in [-0.4, -0.2) is 56.4 Å². The standard InChI is InChI=1S/C27H26ClNO5/c1-16-2-3-19(14-29-16)9-6-17-4-7-18(8-5-17)12-21-13-20(10-11-22(21)28)27-26(33)25(32)24(31)23(15-30)34-27/h2-5,7-8,10-11,13-14,23-27,30-33H,12,15H2,1H3/t23-,24-,25+,26-,27+/m1/s1. The quantitative estimate of drug-likeness (QED) is 0.429. The Morgan fingerprint density at radius 1 is 0.912 bits per heavy atom. The number of pyridine rings is 1. The second-order valence-electron chi connectivity index (χ2n) is 8.41. The van der Waals surface area contributed by atoms with E-state index in [4.69, 9.17) is 16.3 Å². The normalized spacial score (nSPS) is 24.4. The molecule has 0 saturated carbocycles. The Bertz CT molecular complexity index is 1180. The van der Waals surface area contributed by atoms with Crippen LogP contribution in [0.3, 0.4) is 0 Å². The maximum absolute atomic E-state index is 10.4. The molecule has 0 unspecified atom stereocenters. The zero-order chi connectivity index (χ0) is 24.2. The summed E-state index contributed by atoms with van der Waals surface area (Å²) in [5.74, 6) is 6.23. The fourth-order valence-electron chi connectivity index (χ4n) is 3.90. The topological polar surface area (TPSA) is 103 Å². The summed E-state index contributed by atoms with van der Waals surface area (Å²) in [4.78, 5) is 4.24. The second-order valence-corrected chi connectivity index (χ2v) is 8.82. The predicted molar refractivity (Wildman–Crippen MR) is 128 cm³/mol. The van der Waals surface area contributed by atoms with Crippen molar-refractivity contribution in [2.75, 3.05) is 6.61 Å². The molecule has 0 radical (unpaired) electrons. The van der Waals surface area contributed by atoms with E-state index >= 15 is 0 Å². The molecule has 0 spiro atoms. The fourth-order valence-corrected chi connectivity index (χ4v) is 4.08. The minimum atomic E-state index is -1.43. The molecule has 4 N–H and O–H groups in total. The van der Waals surface area contributed by atoms with Gasteiger partial charge in [-0.05, 0) is 60.4 Å². The van der Waals surface area contributed by atoms with Crippen molar-refractivity contribution in [3.8, 4) is 11.8 Å². The van der Waals surface area contributed by atoms with Gasteiger partial charge in [0.05, 0.1) is 6.61 Å². The largest absolute Gasteiger partial charge is 0.394 e. The molecule has 4 rings (SSSR count). The summed E-state index contributed by atoms with van der Waals surface area (Å²) in [6.45, 7) is 1.46. The van der Waals surface area contributed by atoms with Crippen molar-refractivity contribution in [2.24, 2.45) is 0 Å². The highest BCUT2D eigenvalue weighted by Gasteiger charge is 2.44. The molecule has 176 valence electrons. The average molecular weight is 480 g/mol. The van der Waals surface area contributed by atoms with Gasteiger partial charge in [-0.15, -0.1) is 0 Å². The number of aliphatic hydroxyl groups is 4. The predicted octanol–water partition coefficient (Wildman–Crippen LogP) is 2.55. The van der Waals surface area contributed by atoms with Crippen LogP contribution in [0, 0.1) is 18.8 Å². The van der Waals surface area contributed by atoms with E-state index in [-0.39, 0.29) is 0 Å². The van der Waals surface area contributed by atoms with Crippen molar-refractivity contribution in [1.29, 1.82) is 0 Å². The van der Waals surface area contributed by atoms with Crippen LogP contribution in [-0.2, 0) is 11.2 Å². The number of benzene rings is 2. The van der Waals surface area contributed by atoms with Crippen LogP contribution in [0.15, 0.2) is 60.8 Å². The summed E-state index contributed by atoms with van der Waals surface area (Å²) in [5, 5.41) is 40.6. The highest BCUT2D eigenvalue weighted by molar-refractivity contribution is 6.31. The summed E-state index contributed by atoms with van der Waals surface area (Å²) < 4.78 is 5.67. The summed E-state index contributed by atoms with van der Waals surface area (Å²) in [6.07, 6.45) is -3.74. The van der Waals surface area contributed by atoms with Gasteiger partial charge in [0.2, 0.25) is 0 Å². The lowest BCUT2D eigenvalue weighted by Gasteiger charge is -2.40. The minimum absolute atomic E-state index is 0.475.